The predicted octanol–water partition coefficient (Wildman–Crippen LogP) is 0.853. The van der Waals surface area contributed by atoms with Crippen molar-refractivity contribution in [3.63, 3.8) is 0 Å². The molecule has 48 valence electrons. The lowest BCUT2D eigenvalue weighted by molar-refractivity contribution is 0.887. The molecule has 0 saturated heterocycles. The summed E-state index contributed by atoms with van der Waals surface area (Å²) in [6, 6.07) is 0. The fourth-order valence-corrected chi connectivity index (χ4v) is 0.353. The first kappa shape index (κ1) is 7.14. The van der Waals surface area contributed by atoms with Crippen molar-refractivity contribution < 1.29 is 1.43 Å². The van der Waals surface area contributed by atoms with Crippen molar-refractivity contribution in [1.29, 1.82) is 5.41 Å². The van der Waals surface area contributed by atoms with Gasteiger partial charge in [-0.2, -0.15) is 5.10 Å². The third-order valence-corrected chi connectivity index (χ3v) is 0.888. The molecule has 0 atom stereocenters. The lowest BCUT2D eigenvalue weighted by Crippen LogP contribution is -2.10. The van der Waals surface area contributed by atoms with Gasteiger partial charge in [-0.1, -0.05) is 13.8 Å². The van der Waals surface area contributed by atoms with Crippen molar-refractivity contribution in [2.75, 3.05) is 0 Å². The lowest BCUT2D eigenvalue weighted by Gasteiger charge is -1.98. The van der Waals surface area contributed by atoms with E-state index in [1.54, 1.807) is 0 Å². The molecule has 0 aliphatic carbocycles. The quantitative estimate of drug-likeness (QED) is 0.313. The maximum atomic E-state index is 6.75. The number of nitrogens with two attached hydrogens (primary N) is 1. The van der Waals surface area contributed by atoms with Crippen molar-refractivity contribution >= 4 is 11.9 Å². The second-order valence-electron chi connectivity index (χ2n) is 1.85. The van der Waals surface area contributed by atoms with Crippen molar-refractivity contribution in [1.82, 2.24) is 0 Å². The molecule has 0 saturated carbocycles. The summed E-state index contributed by atoms with van der Waals surface area (Å²) in [5.74, 6) is 5.18. The van der Waals surface area contributed by atoms with Crippen LogP contribution in [0.15, 0.2) is 5.10 Å². The van der Waals surface area contributed by atoms with E-state index in [9.17, 15) is 0 Å². The number of hydrazone groups is 1. The molecule has 0 spiro atoms. The van der Waals surface area contributed by atoms with Gasteiger partial charge in [0.15, 0.2) is 0 Å². The Balaban J connectivity index is 0. The van der Waals surface area contributed by atoms with Gasteiger partial charge in [0.25, 0.3) is 0 Å². The van der Waals surface area contributed by atoms with Crippen LogP contribution in [0.1, 0.15) is 15.3 Å². The number of nitrogens with zero attached hydrogens (tertiary/aromatic N) is 1. The Labute approximate surface area is 50.6 Å². The predicted molar refractivity (Wildman–Crippen MR) is 37.4 cm³/mol. The molecule has 0 aromatic rings. The van der Waals surface area contributed by atoms with E-state index >= 15 is 0 Å². The summed E-state index contributed by atoms with van der Waals surface area (Å²) in [5, 5.41) is 10.1. The SMILES string of the molecule is CC(C)/C(C=N)=N/N.[HH]. The van der Waals surface area contributed by atoms with Gasteiger partial charge < -0.3 is 11.3 Å². The zero-order valence-corrected chi connectivity index (χ0v) is 5.18. The van der Waals surface area contributed by atoms with E-state index in [0.29, 0.717) is 5.71 Å². The summed E-state index contributed by atoms with van der Waals surface area (Å²) in [7, 11) is 0. The first-order chi connectivity index (χ1) is 3.72. The molecular weight excluding hydrogens is 102 g/mol. The highest BCUT2D eigenvalue weighted by atomic mass is 15.1. The molecule has 0 unspecified atom stereocenters. The molecule has 3 heteroatoms. The molecule has 0 aliphatic heterocycles. The van der Waals surface area contributed by atoms with Gasteiger partial charge >= 0.3 is 0 Å². The fourth-order valence-electron chi connectivity index (χ4n) is 0.353. The van der Waals surface area contributed by atoms with Crippen molar-refractivity contribution in [2.45, 2.75) is 13.8 Å². The molecule has 0 aromatic heterocycles. The van der Waals surface area contributed by atoms with Crippen LogP contribution in [0, 0.1) is 11.3 Å². The van der Waals surface area contributed by atoms with E-state index in [-0.39, 0.29) is 7.34 Å². The van der Waals surface area contributed by atoms with Gasteiger partial charge in [-0.05, 0) is 5.92 Å². The van der Waals surface area contributed by atoms with Crippen LogP contribution in [0.4, 0.5) is 0 Å². The maximum absolute atomic E-state index is 6.75. The second-order valence-corrected chi connectivity index (χ2v) is 1.85. The summed E-state index contributed by atoms with van der Waals surface area (Å²) in [5.41, 5.74) is 0.630. The first-order valence-corrected chi connectivity index (χ1v) is 2.50. The molecule has 0 fully saturated rings. The molecule has 3 N–H and O–H groups in total. The smallest absolute Gasteiger partial charge is 0.0800 e. The van der Waals surface area contributed by atoms with Gasteiger partial charge in [-0.15, -0.1) is 0 Å². The number of rotatable bonds is 2. The molecule has 0 amide bonds. The normalized spacial score (nSPS) is 12.1. The highest BCUT2D eigenvalue weighted by molar-refractivity contribution is 6.30. The minimum atomic E-state index is 0. The Morgan fingerprint density at radius 2 is 2.38 bits per heavy atom. The van der Waals surface area contributed by atoms with Crippen LogP contribution in [0.3, 0.4) is 0 Å². The zero-order chi connectivity index (χ0) is 6.57. The van der Waals surface area contributed by atoms with Crippen molar-refractivity contribution in [3.8, 4) is 0 Å². The van der Waals surface area contributed by atoms with Crippen LogP contribution in [-0.2, 0) is 0 Å². The van der Waals surface area contributed by atoms with Gasteiger partial charge in [-0.3, -0.25) is 0 Å². The van der Waals surface area contributed by atoms with Gasteiger partial charge in [-0.25, -0.2) is 0 Å². The molecule has 0 aliphatic rings. The highest BCUT2D eigenvalue weighted by Crippen LogP contribution is 1.91. The highest BCUT2D eigenvalue weighted by Gasteiger charge is 1.97. The van der Waals surface area contributed by atoms with Crippen LogP contribution in [0.2, 0.25) is 0 Å². The van der Waals surface area contributed by atoms with Crippen LogP contribution in [0.25, 0.3) is 0 Å². The number of hydrogen-bond donors (Lipinski definition) is 2. The molecule has 8 heavy (non-hydrogen) atoms. The Kier molecular flexibility index (Phi) is 2.84. The standard InChI is InChI=1S/C5H11N3.H2/c1-4(2)5(3-6)8-7;/h3-4,6H,7H2,1-2H3;1H/b6-3?,8-5+;. The van der Waals surface area contributed by atoms with Crippen LogP contribution >= 0.6 is 0 Å². The van der Waals surface area contributed by atoms with Gasteiger partial charge in [0.05, 0.1) is 5.71 Å². The summed E-state index contributed by atoms with van der Waals surface area (Å²) in [6.07, 6.45) is 1.17. The van der Waals surface area contributed by atoms with Crippen molar-refractivity contribution in [3.05, 3.63) is 0 Å². The van der Waals surface area contributed by atoms with E-state index in [1.165, 1.54) is 6.21 Å². The van der Waals surface area contributed by atoms with Crippen LogP contribution in [-0.4, -0.2) is 11.9 Å². The van der Waals surface area contributed by atoms with Crippen molar-refractivity contribution in [2.24, 2.45) is 16.9 Å². The van der Waals surface area contributed by atoms with Crippen LogP contribution in [0.5, 0.6) is 0 Å². The lowest BCUT2D eigenvalue weighted by atomic mass is 10.1. The average molecular weight is 115 g/mol. The summed E-state index contributed by atoms with van der Waals surface area (Å²) >= 11 is 0. The summed E-state index contributed by atoms with van der Waals surface area (Å²) in [4.78, 5) is 0. The largest absolute Gasteiger partial charge is 0.323 e. The topological polar surface area (TPSA) is 62.2 Å². The van der Waals surface area contributed by atoms with E-state index < -0.39 is 0 Å². The van der Waals surface area contributed by atoms with Crippen LogP contribution < -0.4 is 5.84 Å². The molecule has 0 rings (SSSR count). The first-order valence-electron chi connectivity index (χ1n) is 2.50. The van der Waals surface area contributed by atoms with E-state index in [2.05, 4.69) is 5.10 Å². The maximum Gasteiger partial charge on any atom is 0.0800 e. The molecule has 0 bridgehead atoms. The Bertz CT molecular complexity index is 109. The molecule has 0 aromatic carbocycles. The second kappa shape index (κ2) is 3.18. The number of nitrogens with one attached hydrogen (secondary N) is 1. The molecule has 3 nitrogen and oxygen atoms in total. The minimum Gasteiger partial charge on any atom is -0.323 e. The Morgan fingerprint density at radius 3 is 2.38 bits per heavy atom. The summed E-state index contributed by atoms with van der Waals surface area (Å²) in [6.45, 7) is 3.88. The third kappa shape index (κ3) is 1.73. The zero-order valence-electron chi connectivity index (χ0n) is 5.18. The van der Waals surface area contributed by atoms with E-state index in [1.807, 2.05) is 13.8 Å². The Hall–Kier alpha value is -0.860. The van der Waals surface area contributed by atoms with Gasteiger partial charge in [0, 0.05) is 7.64 Å². The van der Waals surface area contributed by atoms with Gasteiger partial charge in [0.2, 0.25) is 0 Å². The van der Waals surface area contributed by atoms with Gasteiger partial charge in [0.1, 0.15) is 0 Å². The van der Waals surface area contributed by atoms with E-state index in [4.69, 9.17) is 11.3 Å². The minimum absolute atomic E-state index is 0. The fraction of sp³-hybridized carbons (Fsp3) is 0.600. The monoisotopic (exact) mass is 115 g/mol. The third-order valence-electron chi connectivity index (χ3n) is 0.888. The Morgan fingerprint density at radius 1 is 1.88 bits per heavy atom. The summed E-state index contributed by atoms with van der Waals surface area (Å²) < 4.78 is 0. The molecular formula is C5H13N3. The molecule has 0 heterocycles. The molecule has 0 radical (unpaired) electrons. The van der Waals surface area contributed by atoms with E-state index in [0.717, 1.165) is 0 Å². The average Bonchev–Trinajstić information content (AvgIpc) is 1.69. The number of hydrogen-bond acceptors (Lipinski definition) is 3.